The van der Waals surface area contributed by atoms with E-state index in [-0.39, 0.29) is 0 Å². The van der Waals surface area contributed by atoms with Gasteiger partial charge in [0.15, 0.2) is 0 Å². The van der Waals surface area contributed by atoms with Crippen LogP contribution in [0, 0.1) is 0 Å². The fourth-order valence-corrected chi connectivity index (χ4v) is 1.87. The van der Waals surface area contributed by atoms with E-state index in [0.29, 0.717) is 0 Å². The molecule has 0 radical (unpaired) electrons. The number of hydrogen-bond acceptors (Lipinski definition) is 2. The van der Waals surface area contributed by atoms with Crippen LogP contribution in [0.3, 0.4) is 0 Å². The Labute approximate surface area is 85.2 Å². The molecule has 0 unspecified atom stereocenters. The van der Waals surface area contributed by atoms with Gasteiger partial charge in [-0.05, 0) is 37.0 Å². The number of benzene rings is 1. The highest BCUT2D eigenvalue weighted by molar-refractivity contribution is 5.48. The predicted octanol–water partition coefficient (Wildman–Crippen LogP) is 2.12. The van der Waals surface area contributed by atoms with Gasteiger partial charge >= 0.3 is 0 Å². The van der Waals surface area contributed by atoms with Crippen LogP contribution in [0.1, 0.15) is 24.8 Å². The van der Waals surface area contributed by atoms with Gasteiger partial charge in [-0.2, -0.15) is 0 Å². The minimum absolute atomic E-state index is 0.536. The van der Waals surface area contributed by atoms with Crippen LogP contribution in [0.15, 0.2) is 24.3 Å². The van der Waals surface area contributed by atoms with Crippen molar-refractivity contribution in [3.8, 4) is 0 Å². The molecule has 0 saturated heterocycles. The van der Waals surface area contributed by atoms with Crippen LogP contribution in [0.2, 0.25) is 0 Å². The summed E-state index contributed by atoms with van der Waals surface area (Å²) in [5.74, 6) is 0. The summed E-state index contributed by atoms with van der Waals surface area (Å²) in [5, 5.41) is 10.2. The fraction of sp³-hybridized carbons (Fsp3) is 0.500. The lowest BCUT2D eigenvalue weighted by Gasteiger charge is -2.37. The maximum atomic E-state index is 10.2. The molecule has 0 aromatic heterocycles. The van der Waals surface area contributed by atoms with Gasteiger partial charge in [0.2, 0.25) is 0 Å². The van der Waals surface area contributed by atoms with Gasteiger partial charge in [-0.1, -0.05) is 12.1 Å². The van der Waals surface area contributed by atoms with Gasteiger partial charge in [0, 0.05) is 19.8 Å². The lowest BCUT2D eigenvalue weighted by molar-refractivity contribution is -0.0387. The number of nitrogens with zero attached hydrogens (tertiary/aromatic N) is 1. The molecule has 0 aliphatic heterocycles. The molecular weight excluding hydrogens is 174 g/mol. The van der Waals surface area contributed by atoms with Crippen LogP contribution in [0.5, 0.6) is 0 Å². The Morgan fingerprint density at radius 1 is 1.29 bits per heavy atom. The molecule has 2 heteroatoms. The zero-order valence-corrected chi connectivity index (χ0v) is 8.83. The first-order valence-electron chi connectivity index (χ1n) is 5.12. The summed E-state index contributed by atoms with van der Waals surface area (Å²) in [7, 11) is 4.04. The van der Waals surface area contributed by atoms with Crippen molar-refractivity contribution in [2.45, 2.75) is 24.9 Å². The van der Waals surface area contributed by atoms with Crippen molar-refractivity contribution in [3.63, 3.8) is 0 Å². The topological polar surface area (TPSA) is 23.5 Å². The SMILES string of the molecule is CN(C)c1cccc(C2(O)CCC2)c1. The molecule has 1 N–H and O–H groups in total. The molecule has 14 heavy (non-hydrogen) atoms. The normalized spacial score (nSPS) is 18.8. The van der Waals surface area contributed by atoms with Crippen molar-refractivity contribution < 1.29 is 5.11 Å². The van der Waals surface area contributed by atoms with E-state index in [1.165, 1.54) is 0 Å². The molecule has 76 valence electrons. The average Bonchev–Trinajstić information content (AvgIpc) is 2.14. The first-order chi connectivity index (χ1) is 6.62. The second kappa shape index (κ2) is 3.28. The lowest BCUT2D eigenvalue weighted by atomic mass is 9.75. The van der Waals surface area contributed by atoms with Crippen LogP contribution >= 0.6 is 0 Å². The first kappa shape index (κ1) is 9.53. The third-order valence-electron chi connectivity index (χ3n) is 3.08. The maximum absolute atomic E-state index is 10.2. The van der Waals surface area contributed by atoms with E-state index >= 15 is 0 Å². The van der Waals surface area contributed by atoms with E-state index < -0.39 is 5.60 Å². The van der Waals surface area contributed by atoms with Crippen molar-refractivity contribution in [3.05, 3.63) is 29.8 Å². The molecule has 0 heterocycles. The molecule has 1 aliphatic rings. The van der Waals surface area contributed by atoms with Crippen LogP contribution in [0.25, 0.3) is 0 Å². The van der Waals surface area contributed by atoms with E-state index in [2.05, 4.69) is 17.0 Å². The molecule has 0 bridgehead atoms. The van der Waals surface area contributed by atoms with Crippen molar-refractivity contribution in [2.75, 3.05) is 19.0 Å². The van der Waals surface area contributed by atoms with Crippen molar-refractivity contribution >= 4 is 5.69 Å². The third kappa shape index (κ3) is 1.50. The summed E-state index contributed by atoms with van der Waals surface area (Å²) in [6.45, 7) is 0. The molecule has 0 atom stereocenters. The largest absolute Gasteiger partial charge is 0.385 e. The summed E-state index contributed by atoms with van der Waals surface area (Å²) in [5.41, 5.74) is 1.68. The van der Waals surface area contributed by atoms with Gasteiger partial charge in [-0.15, -0.1) is 0 Å². The number of hydrogen-bond donors (Lipinski definition) is 1. The first-order valence-corrected chi connectivity index (χ1v) is 5.12. The molecule has 2 rings (SSSR count). The average molecular weight is 191 g/mol. The van der Waals surface area contributed by atoms with Gasteiger partial charge in [0.05, 0.1) is 5.60 Å². The highest BCUT2D eigenvalue weighted by atomic mass is 16.3. The Morgan fingerprint density at radius 3 is 2.50 bits per heavy atom. The van der Waals surface area contributed by atoms with E-state index in [0.717, 1.165) is 30.5 Å². The zero-order valence-electron chi connectivity index (χ0n) is 8.83. The molecule has 1 aromatic carbocycles. The van der Waals surface area contributed by atoms with Gasteiger partial charge in [0.25, 0.3) is 0 Å². The van der Waals surface area contributed by atoms with Crippen LogP contribution in [0.4, 0.5) is 5.69 Å². The highest BCUT2D eigenvalue weighted by Crippen LogP contribution is 2.41. The molecule has 1 aromatic rings. The van der Waals surface area contributed by atoms with Gasteiger partial charge in [-0.25, -0.2) is 0 Å². The van der Waals surface area contributed by atoms with Crippen LogP contribution < -0.4 is 4.90 Å². The molecule has 1 saturated carbocycles. The summed E-state index contributed by atoms with van der Waals surface area (Å²) in [6, 6.07) is 8.18. The monoisotopic (exact) mass is 191 g/mol. The minimum atomic E-state index is -0.536. The van der Waals surface area contributed by atoms with Crippen LogP contribution in [-0.2, 0) is 5.60 Å². The number of rotatable bonds is 2. The fourth-order valence-electron chi connectivity index (χ4n) is 1.87. The second-order valence-electron chi connectivity index (χ2n) is 4.33. The molecule has 1 aliphatic carbocycles. The Kier molecular flexibility index (Phi) is 2.23. The van der Waals surface area contributed by atoms with Crippen molar-refractivity contribution in [2.24, 2.45) is 0 Å². The molecule has 0 spiro atoms. The molecule has 0 amide bonds. The zero-order chi connectivity index (χ0) is 10.2. The van der Waals surface area contributed by atoms with Gasteiger partial charge in [-0.3, -0.25) is 0 Å². The summed E-state index contributed by atoms with van der Waals surface area (Å²) >= 11 is 0. The standard InChI is InChI=1S/C12H17NO/c1-13(2)11-6-3-5-10(9-11)12(14)7-4-8-12/h3,5-6,9,14H,4,7-8H2,1-2H3. The summed E-state index contributed by atoms with van der Waals surface area (Å²) in [6.07, 6.45) is 2.95. The van der Waals surface area contributed by atoms with Gasteiger partial charge in [0.1, 0.15) is 0 Å². The van der Waals surface area contributed by atoms with E-state index in [4.69, 9.17) is 0 Å². The Bertz CT molecular complexity index is 329. The second-order valence-corrected chi connectivity index (χ2v) is 4.33. The Balaban J connectivity index is 2.30. The molecule has 2 nitrogen and oxygen atoms in total. The number of anilines is 1. The lowest BCUT2D eigenvalue weighted by Crippen LogP contribution is -2.33. The Hall–Kier alpha value is -1.02. The molecular formula is C12H17NO. The van der Waals surface area contributed by atoms with Gasteiger partial charge < -0.3 is 10.0 Å². The van der Waals surface area contributed by atoms with Crippen LogP contribution in [-0.4, -0.2) is 19.2 Å². The van der Waals surface area contributed by atoms with Crippen molar-refractivity contribution in [1.29, 1.82) is 0 Å². The van der Waals surface area contributed by atoms with Crippen molar-refractivity contribution in [1.82, 2.24) is 0 Å². The third-order valence-corrected chi connectivity index (χ3v) is 3.08. The quantitative estimate of drug-likeness (QED) is 0.774. The molecule has 1 fully saturated rings. The predicted molar refractivity (Wildman–Crippen MR) is 58.5 cm³/mol. The summed E-state index contributed by atoms with van der Waals surface area (Å²) < 4.78 is 0. The number of aliphatic hydroxyl groups is 1. The van der Waals surface area contributed by atoms with E-state index in [1.54, 1.807) is 0 Å². The van der Waals surface area contributed by atoms with E-state index in [1.807, 2.05) is 26.2 Å². The smallest absolute Gasteiger partial charge is 0.0897 e. The van der Waals surface area contributed by atoms with E-state index in [9.17, 15) is 5.11 Å². The minimum Gasteiger partial charge on any atom is -0.385 e. The highest BCUT2D eigenvalue weighted by Gasteiger charge is 2.36. The Morgan fingerprint density at radius 2 is 2.00 bits per heavy atom. The maximum Gasteiger partial charge on any atom is 0.0897 e. The summed E-state index contributed by atoms with van der Waals surface area (Å²) in [4.78, 5) is 2.06.